The van der Waals surface area contributed by atoms with E-state index in [0.717, 1.165) is 16.8 Å². The second-order valence-corrected chi connectivity index (χ2v) is 5.01. The molecule has 0 amide bonds. The number of nitrogens with zero attached hydrogens (tertiary/aromatic N) is 2. The Labute approximate surface area is 128 Å². The largest absolute Gasteiger partial charge is 0.493 e. The van der Waals surface area contributed by atoms with E-state index in [0.29, 0.717) is 29.1 Å². The van der Waals surface area contributed by atoms with Gasteiger partial charge in [-0.05, 0) is 24.6 Å². The Morgan fingerprint density at radius 1 is 1.30 bits per heavy atom. The highest BCUT2D eigenvalue weighted by Gasteiger charge is 2.13. The van der Waals surface area contributed by atoms with Gasteiger partial charge in [-0.1, -0.05) is 17.7 Å². The quantitative estimate of drug-likeness (QED) is 0.789. The maximum atomic E-state index is 6.17. The van der Waals surface area contributed by atoms with Gasteiger partial charge in [0.1, 0.15) is 11.8 Å². The highest BCUT2D eigenvalue weighted by Crippen LogP contribution is 2.30. The zero-order valence-corrected chi connectivity index (χ0v) is 13.1. The third-order valence-electron chi connectivity index (χ3n) is 3.02. The van der Waals surface area contributed by atoms with E-state index in [1.165, 1.54) is 0 Å². The monoisotopic (exact) mass is 314 g/mol. The molecule has 0 saturated carbocycles. The molecule has 0 radical (unpaired) electrons. The van der Waals surface area contributed by atoms with Crippen LogP contribution in [-0.2, 0) is 19.5 Å². The van der Waals surface area contributed by atoms with Gasteiger partial charge in [0.15, 0.2) is 11.5 Å². The lowest BCUT2D eigenvalue weighted by Crippen LogP contribution is -1.99. The van der Waals surface area contributed by atoms with Crippen LogP contribution in [0.3, 0.4) is 0 Å². The summed E-state index contributed by atoms with van der Waals surface area (Å²) < 4.78 is 12.7. The Bertz CT molecular complexity index is 611. The summed E-state index contributed by atoms with van der Waals surface area (Å²) in [7, 11) is 3.40. The fraction of sp³-hybridized carbons (Fsp3) is 0.357. The molecule has 2 rings (SSSR count). The SMILES string of the molecule is COc1cc(CCl)ccc1OCc1c(C)nn(C)c1Cl. The van der Waals surface area contributed by atoms with Crippen molar-refractivity contribution >= 4 is 23.2 Å². The van der Waals surface area contributed by atoms with Crippen LogP contribution in [0.4, 0.5) is 0 Å². The molecule has 0 unspecified atom stereocenters. The van der Waals surface area contributed by atoms with E-state index >= 15 is 0 Å². The number of alkyl halides is 1. The number of hydrogen-bond donors (Lipinski definition) is 0. The van der Waals surface area contributed by atoms with Crippen LogP contribution in [0.1, 0.15) is 16.8 Å². The van der Waals surface area contributed by atoms with Crippen molar-refractivity contribution < 1.29 is 9.47 Å². The number of methoxy groups -OCH3 is 1. The molecule has 0 aliphatic carbocycles. The van der Waals surface area contributed by atoms with E-state index in [9.17, 15) is 0 Å². The normalized spacial score (nSPS) is 10.7. The van der Waals surface area contributed by atoms with Crippen LogP contribution in [0.15, 0.2) is 18.2 Å². The second-order valence-electron chi connectivity index (χ2n) is 4.39. The Morgan fingerprint density at radius 2 is 2.05 bits per heavy atom. The minimum absolute atomic E-state index is 0.342. The van der Waals surface area contributed by atoms with Crippen LogP contribution >= 0.6 is 23.2 Å². The van der Waals surface area contributed by atoms with Gasteiger partial charge < -0.3 is 9.47 Å². The van der Waals surface area contributed by atoms with Crippen LogP contribution in [0.25, 0.3) is 0 Å². The molecule has 4 nitrogen and oxygen atoms in total. The molecule has 6 heteroatoms. The first-order valence-corrected chi connectivity index (χ1v) is 7.01. The van der Waals surface area contributed by atoms with E-state index in [4.69, 9.17) is 32.7 Å². The van der Waals surface area contributed by atoms with Crippen LogP contribution in [0, 0.1) is 6.92 Å². The molecule has 1 aromatic heterocycles. The molecule has 0 saturated heterocycles. The number of rotatable bonds is 5. The lowest BCUT2D eigenvalue weighted by atomic mass is 10.2. The van der Waals surface area contributed by atoms with E-state index in [1.807, 2.05) is 25.1 Å². The predicted molar refractivity (Wildman–Crippen MR) is 79.8 cm³/mol. The van der Waals surface area contributed by atoms with Gasteiger partial charge in [0.25, 0.3) is 0 Å². The van der Waals surface area contributed by atoms with Crippen molar-refractivity contribution in [2.45, 2.75) is 19.4 Å². The number of hydrogen-bond acceptors (Lipinski definition) is 3. The molecule has 0 atom stereocenters. The standard InChI is InChI=1S/C14H16Cl2N2O2/c1-9-11(14(16)18(2)17-9)8-20-12-5-4-10(7-15)6-13(12)19-3/h4-6H,7-8H2,1-3H3. The van der Waals surface area contributed by atoms with E-state index < -0.39 is 0 Å². The van der Waals surface area contributed by atoms with E-state index in [2.05, 4.69) is 5.10 Å². The molecule has 20 heavy (non-hydrogen) atoms. The maximum absolute atomic E-state index is 6.17. The number of ether oxygens (including phenoxy) is 2. The maximum Gasteiger partial charge on any atom is 0.161 e. The zero-order valence-electron chi connectivity index (χ0n) is 11.6. The Morgan fingerprint density at radius 3 is 2.60 bits per heavy atom. The van der Waals surface area contributed by atoms with Crippen LogP contribution in [0.2, 0.25) is 5.15 Å². The van der Waals surface area contributed by atoms with Crippen LogP contribution < -0.4 is 9.47 Å². The summed E-state index contributed by atoms with van der Waals surface area (Å²) in [6.07, 6.45) is 0. The third-order valence-corrected chi connectivity index (χ3v) is 3.81. The van der Waals surface area contributed by atoms with Gasteiger partial charge in [-0.3, -0.25) is 4.68 Å². The summed E-state index contributed by atoms with van der Waals surface area (Å²) in [5.41, 5.74) is 2.71. The fourth-order valence-corrected chi connectivity index (χ4v) is 2.30. The summed E-state index contributed by atoms with van der Waals surface area (Å²) >= 11 is 12.0. The zero-order chi connectivity index (χ0) is 14.7. The molecule has 0 N–H and O–H groups in total. The van der Waals surface area contributed by atoms with Crippen molar-refractivity contribution in [1.82, 2.24) is 9.78 Å². The predicted octanol–water partition coefficient (Wildman–Crippen LogP) is 3.71. The average molecular weight is 315 g/mol. The number of aryl methyl sites for hydroxylation is 2. The molecular weight excluding hydrogens is 299 g/mol. The topological polar surface area (TPSA) is 36.3 Å². The number of aromatic nitrogens is 2. The highest BCUT2D eigenvalue weighted by molar-refractivity contribution is 6.30. The summed E-state index contributed by atoms with van der Waals surface area (Å²) in [6.45, 7) is 2.24. The van der Waals surface area contributed by atoms with Gasteiger partial charge in [-0.15, -0.1) is 11.6 Å². The third kappa shape index (κ3) is 3.02. The van der Waals surface area contributed by atoms with Crippen molar-refractivity contribution in [2.75, 3.05) is 7.11 Å². The Balaban J connectivity index is 2.18. The van der Waals surface area contributed by atoms with Gasteiger partial charge in [0.2, 0.25) is 0 Å². The summed E-state index contributed by atoms with van der Waals surface area (Å²) in [6, 6.07) is 5.61. The molecular formula is C14H16Cl2N2O2. The number of benzene rings is 1. The smallest absolute Gasteiger partial charge is 0.161 e. The molecule has 0 aliphatic rings. The number of halogens is 2. The first-order valence-electron chi connectivity index (χ1n) is 6.10. The summed E-state index contributed by atoms with van der Waals surface area (Å²) in [4.78, 5) is 0. The van der Waals surface area contributed by atoms with Crippen molar-refractivity contribution in [1.29, 1.82) is 0 Å². The lowest BCUT2D eigenvalue weighted by Gasteiger charge is -2.11. The van der Waals surface area contributed by atoms with E-state index in [-0.39, 0.29) is 0 Å². The Hall–Kier alpha value is -1.39. The Kier molecular flexibility index (Phi) is 4.78. The molecule has 1 heterocycles. The highest BCUT2D eigenvalue weighted by atomic mass is 35.5. The van der Waals surface area contributed by atoms with Crippen molar-refractivity contribution in [3.05, 3.63) is 40.2 Å². The van der Waals surface area contributed by atoms with Gasteiger partial charge in [-0.25, -0.2) is 0 Å². The molecule has 0 bridgehead atoms. The molecule has 0 spiro atoms. The van der Waals surface area contributed by atoms with Crippen LogP contribution in [0.5, 0.6) is 11.5 Å². The lowest BCUT2D eigenvalue weighted by molar-refractivity contribution is 0.284. The molecule has 0 aliphatic heterocycles. The van der Waals surface area contributed by atoms with Crippen molar-refractivity contribution in [3.8, 4) is 11.5 Å². The van der Waals surface area contributed by atoms with Crippen molar-refractivity contribution in [2.24, 2.45) is 7.05 Å². The van der Waals surface area contributed by atoms with Crippen molar-refractivity contribution in [3.63, 3.8) is 0 Å². The average Bonchev–Trinajstić information content (AvgIpc) is 2.70. The molecule has 108 valence electrons. The van der Waals surface area contributed by atoms with Gasteiger partial charge in [0, 0.05) is 18.5 Å². The van der Waals surface area contributed by atoms with Gasteiger partial charge in [0.05, 0.1) is 12.8 Å². The molecule has 2 aromatic rings. The second kappa shape index (κ2) is 6.37. The minimum atomic E-state index is 0.342. The first kappa shape index (κ1) is 15.0. The van der Waals surface area contributed by atoms with E-state index in [1.54, 1.807) is 18.8 Å². The van der Waals surface area contributed by atoms with Gasteiger partial charge in [-0.2, -0.15) is 5.10 Å². The molecule has 0 fully saturated rings. The first-order chi connectivity index (χ1) is 9.56. The summed E-state index contributed by atoms with van der Waals surface area (Å²) in [5.74, 6) is 1.74. The molecule has 1 aromatic carbocycles. The van der Waals surface area contributed by atoms with Gasteiger partial charge >= 0.3 is 0 Å². The summed E-state index contributed by atoms with van der Waals surface area (Å²) in [5, 5.41) is 4.83. The fourth-order valence-electron chi connectivity index (χ4n) is 1.90. The minimum Gasteiger partial charge on any atom is -0.493 e. The van der Waals surface area contributed by atoms with Crippen LogP contribution in [-0.4, -0.2) is 16.9 Å².